The van der Waals surface area contributed by atoms with Crippen LogP contribution in [0.1, 0.15) is 10.4 Å². The Kier molecular flexibility index (Phi) is 3.82. The van der Waals surface area contributed by atoms with Gasteiger partial charge >= 0.3 is 0 Å². The Labute approximate surface area is 101 Å². The predicted molar refractivity (Wildman–Crippen MR) is 63.4 cm³/mol. The van der Waals surface area contributed by atoms with E-state index in [4.69, 9.17) is 0 Å². The van der Waals surface area contributed by atoms with Crippen LogP contribution in [0.5, 0.6) is 0 Å². The van der Waals surface area contributed by atoms with Crippen molar-refractivity contribution in [2.24, 2.45) is 0 Å². The molecule has 15 heavy (non-hydrogen) atoms. The van der Waals surface area contributed by atoms with Crippen molar-refractivity contribution in [2.75, 3.05) is 6.26 Å². The number of carbonyl (C=O) groups excluding carboxylic acids is 1. The fourth-order valence-electron chi connectivity index (χ4n) is 0.978. The third kappa shape index (κ3) is 2.97. The molecule has 0 aromatic heterocycles. The molecule has 0 heterocycles. The van der Waals surface area contributed by atoms with Gasteiger partial charge in [-0.25, -0.2) is 12.8 Å². The Morgan fingerprint density at radius 2 is 1.93 bits per heavy atom. The van der Waals surface area contributed by atoms with Gasteiger partial charge in [0.05, 0.1) is 5.56 Å². The lowest BCUT2D eigenvalue weighted by Gasteiger charge is -2.07. The SMILES string of the molecule is CS(=O)(=O)[C@@H](I)C(=O)c1ccccc1F. The summed E-state index contributed by atoms with van der Waals surface area (Å²) in [7, 11) is -3.50. The summed E-state index contributed by atoms with van der Waals surface area (Å²) in [6.45, 7) is 0. The van der Waals surface area contributed by atoms with E-state index in [2.05, 4.69) is 0 Å². The van der Waals surface area contributed by atoms with Crippen molar-refractivity contribution in [3.63, 3.8) is 0 Å². The van der Waals surface area contributed by atoms with Gasteiger partial charge in [0.25, 0.3) is 0 Å². The van der Waals surface area contributed by atoms with Gasteiger partial charge in [0.2, 0.25) is 0 Å². The first-order chi connectivity index (χ1) is 6.84. The standard InChI is InChI=1S/C9H8FIO3S/c1-15(13,14)9(11)8(12)6-4-2-3-5-7(6)10/h2-5,9H,1H3/t9-/m1/s1. The topological polar surface area (TPSA) is 51.2 Å². The van der Waals surface area contributed by atoms with E-state index in [1.807, 2.05) is 0 Å². The second-order valence-electron chi connectivity index (χ2n) is 2.99. The van der Waals surface area contributed by atoms with E-state index >= 15 is 0 Å². The quantitative estimate of drug-likeness (QED) is 0.478. The highest BCUT2D eigenvalue weighted by molar-refractivity contribution is 14.1. The van der Waals surface area contributed by atoms with Crippen LogP contribution in [0.4, 0.5) is 4.39 Å². The lowest BCUT2D eigenvalue weighted by molar-refractivity contribution is 0.101. The van der Waals surface area contributed by atoms with Crippen molar-refractivity contribution in [3.8, 4) is 0 Å². The summed E-state index contributed by atoms with van der Waals surface area (Å²) in [5.74, 6) is -1.43. The van der Waals surface area contributed by atoms with Crippen LogP contribution in [-0.2, 0) is 9.84 Å². The fraction of sp³-hybridized carbons (Fsp3) is 0.222. The number of hydrogen-bond acceptors (Lipinski definition) is 3. The molecule has 0 saturated carbocycles. The van der Waals surface area contributed by atoms with Crippen molar-refractivity contribution >= 4 is 38.2 Å². The first-order valence-electron chi connectivity index (χ1n) is 3.95. The van der Waals surface area contributed by atoms with Crippen LogP contribution in [0, 0.1) is 5.82 Å². The van der Waals surface area contributed by atoms with Gasteiger partial charge < -0.3 is 0 Å². The number of alkyl halides is 1. The Bertz CT molecular complexity index is 484. The molecule has 0 N–H and O–H groups in total. The summed E-state index contributed by atoms with van der Waals surface area (Å²) in [6, 6.07) is 5.32. The zero-order valence-electron chi connectivity index (χ0n) is 7.78. The van der Waals surface area contributed by atoms with Crippen LogP contribution in [-0.4, -0.2) is 23.7 Å². The molecule has 0 aliphatic heterocycles. The number of Topliss-reactive ketones (excluding diaryl/α,β-unsaturated/α-hetero) is 1. The van der Waals surface area contributed by atoms with E-state index in [-0.39, 0.29) is 5.56 Å². The number of rotatable bonds is 3. The number of ketones is 1. The molecule has 0 amide bonds. The average Bonchev–Trinajstić information content (AvgIpc) is 2.15. The van der Waals surface area contributed by atoms with E-state index in [0.717, 1.165) is 12.3 Å². The van der Waals surface area contributed by atoms with E-state index in [0.29, 0.717) is 0 Å². The molecule has 0 bridgehead atoms. The lowest BCUT2D eigenvalue weighted by Crippen LogP contribution is -2.24. The minimum atomic E-state index is -3.50. The van der Waals surface area contributed by atoms with Crippen LogP contribution in [0.3, 0.4) is 0 Å². The molecular weight excluding hydrogens is 334 g/mol. The lowest BCUT2D eigenvalue weighted by atomic mass is 10.1. The molecule has 0 saturated heterocycles. The van der Waals surface area contributed by atoms with Gasteiger partial charge in [0, 0.05) is 6.26 Å². The first kappa shape index (κ1) is 12.6. The van der Waals surface area contributed by atoms with E-state index in [1.165, 1.54) is 40.8 Å². The molecule has 0 aliphatic rings. The zero-order valence-corrected chi connectivity index (χ0v) is 10.7. The second-order valence-corrected chi connectivity index (χ2v) is 7.21. The second kappa shape index (κ2) is 4.56. The van der Waals surface area contributed by atoms with Crippen LogP contribution < -0.4 is 0 Å². The van der Waals surface area contributed by atoms with Gasteiger partial charge in [-0.05, 0) is 12.1 Å². The van der Waals surface area contributed by atoms with Gasteiger partial charge in [-0.15, -0.1) is 0 Å². The number of carbonyl (C=O) groups is 1. The van der Waals surface area contributed by atoms with Crippen LogP contribution in [0.15, 0.2) is 24.3 Å². The summed E-state index contributed by atoms with van der Waals surface area (Å²) in [5, 5.41) is 0. The van der Waals surface area contributed by atoms with Gasteiger partial charge in [-0.2, -0.15) is 0 Å². The van der Waals surface area contributed by atoms with Gasteiger partial charge in [-0.3, -0.25) is 4.79 Å². The van der Waals surface area contributed by atoms with Crippen molar-refractivity contribution in [3.05, 3.63) is 35.6 Å². The molecule has 6 heteroatoms. The zero-order chi connectivity index (χ0) is 11.6. The van der Waals surface area contributed by atoms with Gasteiger partial charge in [-0.1, -0.05) is 34.7 Å². The first-order valence-corrected chi connectivity index (χ1v) is 7.15. The summed E-state index contributed by atoms with van der Waals surface area (Å²) in [4.78, 5) is 11.6. The highest BCUT2D eigenvalue weighted by Gasteiger charge is 2.28. The number of benzene rings is 1. The molecule has 1 rings (SSSR count). The molecule has 0 radical (unpaired) electrons. The van der Waals surface area contributed by atoms with Crippen molar-refractivity contribution in [1.29, 1.82) is 0 Å². The molecule has 0 unspecified atom stereocenters. The molecule has 0 spiro atoms. The highest BCUT2D eigenvalue weighted by Crippen LogP contribution is 2.17. The summed E-state index contributed by atoms with van der Waals surface area (Å²) >= 11 is 1.49. The monoisotopic (exact) mass is 342 g/mol. The predicted octanol–water partition coefficient (Wildman–Crippen LogP) is 1.81. The largest absolute Gasteiger partial charge is 0.292 e. The maximum absolute atomic E-state index is 13.2. The highest BCUT2D eigenvalue weighted by atomic mass is 127. The molecule has 1 atom stereocenters. The van der Waals surface area contributed by atoms with Crippen molar-refractivity contribution < 1.29 is 17.6 Å². The third-order valence-electron chi connectivity index (χ3n) is 1.72. The molecule has 1 aromatic carbocycles. The number of hydrogen-bond donors (Lipinski definition) is 0. The molecular formula is C9H8FIO3S. The van der Waals surface area contributed by atoms with Crippen molar-refractivity contribution in [1.82, 2.24) is 0 Å². The van der Waals surface area contributed by atoms with Crippen LogP contribution in [0.25, 0.3) is 0 Å². The van der Waals surface area contributed by atoms with Crippen molar-refractivity contribution in [2.45, 2.75) is 3.26 Å². The van der Waals surface area contributed by atoms with Gasteiger partial charge in [0.15, 0.2) is 18.9 Å². The Morgan fingerprint density at radius 3 is 2.40 bits per heavy atom. The molecule has 3 nitrogen and oxygen atoms in total. The Morgan fingerprint density at radius 1 is 1.40 bits per heavy atom. The number of halogens is 2. The average molecular weight is 342 g/mol. The molecule has 1 aromatic rings. The van der Waals surface area contributed by atoms with Gasteiger partial charge in [0.1, 0.15) is 5.82 Å². The maximum atomic E-state index is 13.2. The Hall–Kier alpha value is -0.500. The molecule has 0 fully saturated rings. The summed E-state index contributed by atoms with van der Waals surface area (Å²) < 4.78 is 34.1. The fourth-order valence-corrected chi connectivity index (χ4v) is 1.83. The Balaban J connectivity index is 3.12. The minimum Gasteiger partial charge on any atom is -0.292 e. The normalized spacial score (nSPS) is 13.5. The van der Waals surface area contributed by atoms with E-state index in [1.54, 1.807) is 0 Å². The smallest absolute Gasteiger partial charge is 0.193 e. The summed E-state index contributed by atoms with van der Waals surface area (Å²) in [6.07, 6.45) is 0.947. The van der Waals surface area contributed by atoms with Crippen LogP contribution in [0.2, 0.25) is 0 Å². The molecule has 82 valence electrons. The van der Waals surface area contributed by atoms with E-state index in [9.17, 15) is 17.6 Å². The maximum Gasteiger partial charge on any atom is 0.193 e. The summed E-state index contributed by atoms with van der Waals surface area (Å²) in [5.41, 5.74) is -0.192. The third-order valence-corrected chi connectivity index (χ3v) is 6.02. The van der Waals surface area contributed by atoms with E-state index < -0.39 is 24.7 Å². The van der Waals surface area contributed by atoms with Crippen LogP contribution >= 0.6 is 22.6 Å². The molecule has 0 aliphatic carbocycles. The minimum absolute atomic E-state index is 0.192. The number of sulfone groups is 1.